The van der Waals surface area contributed by atoms with Crippen molar-refractivity contribution < 1.29 is 4.79 Å². The zero-order valence-corrected chi connectivity index (χ0v) is 12.6. The Morgan fingerprint density at radius 1 is 1.00 bits per heavy atom. The standard InChI is InChI=1S/C17H21N3O/c1-17(2,3)11-7-9-12(10-8-11)20-16(21)13-5-4-6-14(18)15(13)19/h4-10H,18-19H2,1-3H3,(H,20,21). The molecule has 110 valence electrons. The van der Waals surface area contributed by atoms with Gasteiger partial charge in [-0.05, 0) is 35.2 Å². The summed E-state index contributed by atoms with van der Waals surface area (Å²) in [4.78, 5) is 12.2. The summed E-state index contributed by atoms with van der Waals surface area (Å²) in [6.45, 7) is 6.44. The molecule has 0 saturated heterocycles. The summed E-state index contributed by atoms with van der Waals surface area (Å²) in [7, 11) is 0. The van der Waals surface area contributed by atoms with E-state index < -0.39 is 0 Å². The zero-order valence-electron chi connectivity index (χ0n) is 12.6. The molecule has 0 aromatic heterocycles. The minimum atomic E-state index is -0.261. The van der Waals surface area contributed by atoms with Gasteiger partial charge in [-0.1, -0.05) is 39.0 Å². The summed E-state index contributed by atoms with van der Waals surface area (Å²) in [5.41, 5.74) is 14.7. The summed E-state index contributed by atoms with van der Waals surface area (Å²) in [5.74, 6) is -0.261. The molecule has 4 nitrogen and oxygen atoms in total. The van der Waals surface area contributed by atoms with Crippen LogP contribution in [0.4, 0.5) is 17.1 Å². The Morgan fingerprint density at radius 2 is 1.62 bits per heavy atom. The van der Waals surface area contributed by atoms with Crippen molar-refractivity contribution in [3.05, 3.63) is 53.6 Å². The molecular formula is C17H21N3O. The van der Waals surface area contributed by atoms with Crippen LogP contribution < -0.4 is 16.8 Å². The summed E-state index contributed by atoms with van der Waals surface area (Å²) >= 11 is 0. The molecule has 0 bridgehead atoms. The fraction of sp³-hybridized carbons (Fsp3) is 0.235. The fourth-order valence-corrected chi connectivity index (χ4v) is 2.03. The minimum absolute atomic E-state index is 0.0842. The predicted octanol–water partition coefficient (Wildman–Crippen LogP) is 3.40. The Kier molecular flexibility index (Phi) is 3.89. The van der Waals surface area contributed by atoms with Gasteiger partial charge in [-0.2, -0.15) is 0 Å². The van der Waals surface area contributed by atoms with Gasteiger partial charge in [0.25, 0.3) is 5.91 Å². The van der Waals surface area contributed by atoms with Gasteiger partial charge in [0.1, 0.15) is 0 Å². The molecule has 0 radical (unpaired) electrons. The number of carbonyl (C=O) groups is 1. The van der Waals surface area contributed by atoms with Crippen LogP contribution in [0, 0.1) is 0 Å². The average molecular weight is 283 g/mol. The molecule has 0 unspecified atom stereocenters. The maximum Gasteiger partial charge on any atom is 0.257 e. The first-order valence-electron chi connectivity index (χ1n) is 6.85. The molecule has 0 fully saturated rings. The Morgan fingerprint density at radius 3 is 2.19 bits per heavy atom. The summed E-state index contributed by atoms with van der Waals surface area (Å²) in [5, 5.41) is 2.83. The first-order chi connectivity index (χ1) is 9.79. The monoisotopic (exact) mass is 283 g/mol. The number of benzene rings is 2. The average Bonchev–Trinajstić information content (AvgIpc) is 2.41. The van der Waals surface area contributed by atoms with E-state index in [-0.39, 0.29) is 11.3 Å². The molecule has 0 saturated carbocycles. The molecule has 4 heteroatoms. The van der Waals surface area contributed by atoms with E-state index in [1.54, 1.807) is 18.2 Å². The lowest BCUT2D eigenvalue weighted by atomic mass is 9.87. The second-order valence-corrected chi connectivity index (χ2v) is 6.09. The number of nitrogen functional groups attached to an aromatic ring is 2. The third kappa shape index (κ3) is 3.34. The maximum absolute atomic E-state index is 12.2. The van der Waals surface area contributed by atoms with E-state index in [9.17, 15) is 4.79 Å². The lowest BCUT2D eigenvalue weighted by molar-refractivity contribution is 0.102. The van der Waals surface area contributed by atoms with Crippen molar-refractivity contribution in [2.24, 2.45) is 0 Å². The summed E-state index contributed by atoms with van der Waals surface area (Å²) in [6.07, 6.45) is 0. The third-order valence-electron chi connectivity index (χ3n) is 3.39. The Balaban J connectivity index is 2.18. The van der Waals surface area contributed by atoms with Gasteiger partial charge in [-0.3, -0.25) is 4.79 Å². The Bertz CT molecular complexity index is 655. The van der Waals surface area contributed by atoms with Crippen LogP contribution in [0.5, 0.6) is 0 Å². The first kappa shape index (κ1) is 14.9. The second-order valence-electron chi connectivity index (χ2n) is 6.09. The molecule has 5 N–H and O–H groups in total. The van der Waals surface area contributed by atoms with Gasteiger partial charge in [0, 0.05) is 5.69 Å². The summed E-state index contributed by atoms with van der Waals surface area (Å²) in [6, 6.07) is 12.8. The van der Waals surface area contributed by atoms with Crippen LogP contribution in [0.3, 0.4) is 0 Å². The highest BCUT2D eigenvalue weighted by atomic mass is 16.1. The number of nitrogens with two attached hydrogens (primary N) is 2. The molecule has 2 aromatic carbocycles. The van der Waals surface area contributed by atoms with E-state index in [0.29, 0.717) is 16.9 Å². The van der Waals surface area contributed by atoms with Crippen molar-refractivity contribution in [2.75, 3.05) is 16.8 Å². The van der Waals surface area contributed by atoms with Crippen molar-refractivity contribution in [3.8, 4) is 0 Å². The molecule has 21 heavy (non-hydrogen) atoms. The third-order valence-corrected chi connectivity index (χ3v) is 3.39. The molecule has 2 aromatic rings. The van der Waals surface area contributed by atoms with E-state index in [1.165, 1.54) is 5.56 Å². The molecule has 0 aliphatic carbocycles. The maximum atomic E-state index is 12.2. The number of rotatable bonds is 2. The second kappa shape index (κ2) is 5.48. The van der Waals surface area contributed by atoms with Crippen molar-refractivity contribution >= 4 is 23.0 Å². The van der Waals surface area contributed by atoms with Crippen LogP contribution in [-0.4, -0.2) is 5.91 Å². The first-order valence-corrected chi connectivity index (χ1v) is 6.85. The molecule has 0 spiro atoms. The van der Waals surface area contributed by atoms with Crippen LogP contribution in [0.1, 0.15) is 36.7 Å². The molecule has 2 rings (SSSR count). The van der Waals surface area contributed by atoms with Crippen LogP contribution >= 0.6 is 0 Å². The van der Waals surface area contributed by atoms with Gasteiger partial charge in [0.15, 0.2) is 0 Å². The van der Waals surface area contributed by atoms with E-state index in [4.69, 9.17) is 11.5 Å². The molecule has 0 heterocycles. The zero-order chi connectivity index (χ0) is 15.6. The molecule has 0 atom stereocenters. The topological polar surface area (TPSA) is 81.1 Å². The van der Waals surface area contributed by atoms with Gasteiger partial charge in [0.2, 0.25) is 0 Å². The number of hydrogen-bond donors (Lipinski definition) is 3. The van der Waals surface area contributed by atoms with Gasteiger partial charge in [-0.15, -0.1) is 0 Å². The van der Waals surface area contributed by atoms with Crippen molar-refractivity contribution in [3.63, 3.8) is 0 Å². The summed E-state index contributed by atoms with van der Waals surface area (Å²) < 4.78 is 0. The molecular weight excluding hydrogens is 262 g/mol. The molecule has 0 aliphatic rings. The predicted molar refractivity (Wildman–Crippen MR) is 88.4 cm³/mol. The number of amides is 1. The normalized spacial score (nSPS) is 11.2. The molecule has 0 aliphatic heterocycles. The molecule has 1 amide bonds. The fourth-order valence-electron chi connectivity index (χ4n) is 2.03. The lowest BCUT2D eigenvalue weighted by Gasteiger charge is -2.19. The van der Waals surface area contributed by atoms with Crippen LogP contribution in [0.2, 0.25) is 0 Å². The number of hydrogen-bond acceptors (Lipinski definition) is 3. The van der Waals surface area contributed by atoms with E-state index >= 15 is 0 Å². The van der Waals surface area contributed by atoms with Gasteiger partial charge >= 0.3 is 0 Å². The van der Waals surface area contributed by atoms with Crippen molar-refractivity contribution in [1.82, 2.24) is 0 Å². The van der Waals surface area contributed by atoms with Crippen LogP contribution in [0.15, 0.2) is 42.5 Å². The van der Waals surface area contributed by atoms with Crippen molar-refractivity contribution in [1.29, 1.82) is 0 Å². The smallest absolute Gasteiger partial charge is 0.257 e. The highest BCUT2D eigenvalue weighted by Crippen LogP contribution is 2.24. The van der Waals surface area contributed by atoms with Crippen LogP contribution in [0.25, 0.3) is 0 Å². The van der Waals surface area contributed by atoms with E-state index in [1.807, 2.05) is 24.3 Å². The van der Waals surface area contributed by atoms with Crippen molar-refractivity contribution in [2.45, 2.75) is 26.2 Å². The van der Waals surface area contributed by atoms with Crippen LogP contribution in [-0.2, 0) is 5.41 Å². The quantitative estimate of drug-likeness (QED) is 0.739. The highest BCUT2D eigenvalue weighted by Gasteiger charge is 2.14. The number of carbonyl (C=O) groups excluding carboxylic acids is 1. The number of para-hydroxylation sites is 1. The minimum Gasteiger partial charge on any atom is -0.397 e. The van der Waals surface area contributed by atoms with Gasteiger partial charge < -0.3 is 16.8 Å². The lowest BCUT2D eigenvalue weighted by Crippen LogP contribution is -2.15. The number of nitrogens with one attached hydrogen (secondary N) is 1. The SMILES string of the molecule is CC(C)(C)c1ccc(NC(=O)c2cccc(N)c2N)cc1. The van der Waals surface area contributed by atoms with Gasteiger partial charge in [0.05, 0.1) is 16.9 Å². The van der Waals surface area contributed by atoms with E-state index in [0.717, 1.165) is 5.69 Å². The van der Waals surface area contributed by atoms with E-state index in [2.05, 4.69) is 26.1 Å². The Hall–Kier alpha value is -2.49. The van der Waals surface area contributed by atoms with Gasteiger partial charge in [-0.25, -0.2) is 0 Å². The largest absolute Gasteiger partial charge is 0.397 e. The highest BCUT2D eigenvalue weighted by molar-refractivity contribution is 6.09. The number of anilines is 3. The Labute approximate surface area is 125 Å².